The molecule has 0 saturated carbocycles. The lowest BCUT2D eigenvalue weighted by atomic mass is 10.6. The molecule has 0 aliphatic rings. The van der Waals surface area contributed by atoms with E-state index >= 15 is 0 Å². The molecule has 4 nitrogen and oxygen atoms in total. The Labute approximate surface area is 71.1 Å². The van der Waals surface area contributed by atoms with Crippen molar-refractivity contribution in [1.29, 1.82) is 0 Å². The third-order valence-electron chi connectivity index (χ3n) is 0.827. The molecule has 0 aliphatic carbocycles. The smallest absolute Gasteiger partial charge is 0.235 e. The zero-order valence-corrected chi connectivity index (χ0v) is 7.16. The lowest BCUT2D eigenvalue weighted by Crippen LogP contribution is -2.12. The summed E-state index contributed by atoms with van der Waals surface area (Å²) in [4.78, 5) is 10.7. The van der Waals surface area contributed by atoms with E-state index in [0.29, 0.717) is 10.2 Å². The molecule has 0 bridgehead atoms. The monoisotopic (exact) mass is 252 g/mol. The molecule has 1 aromatic heterocycles. The molecule has 0 saturated heterocycles. The maximum atomic E-state index is 10.7. The highest BCUT2D eigenvalue weighted by Crippen LogP contribution is 2.00. The number of rotatable bonds is 2. The molecule has 0 aromatic carbocycles. The number of amides is 1. The average molecular weight is 252 g/mol. The van der Waals surface area contributed by atoms with Crippen molar-refractivity contribution in [2.75, 3.05) is 9.74 Å². The Morgan fingerprint density at radius 3 is 3.20 bits per heavy atom. The number of halogens is 1. The van der Waals surface area contributed by atoms with Crippen LogP contribution in [0.3, 0.4) is 0 Å². The van der Waals surface area contributed by atoms with Crippen LogP contribution in [-0.2, 0) is 4.79 Å². The van der Waals surface area contributed by atoms with Gasteiger partial charge in [0.15, 0.2) is 5.82 Å². The standard InChI is InChI=1S/C5H5IN2O2/c6-3-5(9)7-4-1-2-10-8-4/h1-2H,3H2,(H,7,8,9). The van der Waals surface area contributed by atoms with E-state index in [-0.39, 0.29) is 5.91 Å². The minimum atomic E-state index is -0.0745. The number of nitrogens with one attached hydrogen (secondary N) is 1. The summed E-state index contributed by atoms with van der Waals surface area (Å²) >= 11 is 1.97. The van der Waals surface area contributed by atoms with Crippen molar-refractivity contribution >= 4 is 34.3 Å². The Hall–Kier alpha value is -0.590. The number of carbonyl (C=O) groups excluding carboxylic acids is 1. The van der Waals surface area contributed by atoms with Crippen LogP contribution in [0, 0.1) is 0 Å². The molecule has 0 unspecified atom stereocenters. The topological polar surface area (TPSA) is 55.1 Å². The van der Waals surface area contributed by atoms with Crippen LogP contribution in [0.15, 0.2) is 16.9 Å². The second-order valence-electron chi connectivity index (χ2n) is 1.57. The molecule has 0 fully saturated rings. The quantitative estimate of drug-likeness (QED) is 0.632. The van der Waals surface area contributed by atoms with Crippen molar-refractivity contribution < 1.29 is 9.32 Å². The van der Waals surface area contributed by atoms with Gasteiger partial charge in [-0.05, 0) is 0 Å². The van der Waals surface area contributed by atoms with Gasteiger partial charge >= 0.3 is 0 Å². The van der Waals surface area contributed by atoms with E-state index < -0.39 is 0 Å². The molecule has 0 spiro atoms. The van der Waals surface area contributed by atoms with Gasteiger partial charge in [0, 0.05) is 6.07 Å². The van der Waals surface area contributed by atoms with Crippen molar-refractivity contribution in [2.45, 2.75) is 0 Å². The Morgan fingerprint density at radius 1 is 1.90 bits per heavy atom. The van der Waals surface area contributed by atoms with Gasteiger partial charge in [-0.15, -0.1) is 0 Å². The summed E-state index contributed by atoms with van der Waals surface area (Å²) in [6.45, 7) is 0. The molecule has 1 aromatic rings. The fourth-order valence-electron chi connectivity index (χ4n) is 0.453. The molecule has 1 amide bonds. The van der Waals surface area contributed by atoms with E-state index in [1.54, 1.807) is 6.07 Å². The molecule has 0 aliphatic heterocycles. The Bertz CT molecular complexity index is 209. The largest absolute Gasteiger partial charge is 0.363 e. The molecule has 0 atom stereocenters. The number of carbonyl (C=O) groups is 1. The highest BCUT2D eigenvalue weighted by Gasteiger charge is 1.99. The van der Waals surface area contributed by atoms with Crippen LogP contribution in [0.4, 0.5) is 5.82 Å². The van der Waals surface area contributed by atoms with E-state index in [1.807, 2.05) is 22.6 Å². The van der Waals surface area contributed by atoms with Gasteiger partial charge in [0.05, 0.1) is 4.43 Å². The van der Waals surface area contributed by atoms with Gasteiger partial charge in [0.25, 0.3) is 0 Å². The predicted molar refractivity (Wildman–Crippen MR) is 44.0 cm³/mol. The van der Waals surface area contributed by atoms with Crippen LogP contribution in [0.1, 0.15) is 0 Å². The second-order valence-corrected chi connectivity index (χ2v) is 2.33. The Kier molecular flexibility index (Phi) is 2.67. The van der Waals surface area contributed by atoms with Crippen LogP contribution in [0.5, 0.6) is 0 Å². The first-order valence-corrected chi connectivity index (χ1v) is 4.11. The van der Waals surface area contributed by atoms with Crippen molar-refractivity contribution in [3.63, 3.8) is 0 Å². The first-order valence-electron chi connectivity index (χ1n) is 2.59. The third kappa shape index (κ3) is 1.98. The Balaban J connectivity index is 2.48. The lowest BCUT2D eigenvalue weighted by molar-refractivity contribution is -0.113. The first-order chi connectivity index (χ1) is 4.83. The lowest BCUT2D eigenvalue weighted by Gasteiger charge is -1.93. The summed E-state index contributed by atoms with van der Waals surface area (Å²) in [7, 11) is 0. The maximum Gasteiger partial charge on any atom is 0.235 e. The van der Waals surface area contributed by atoms with Gasteiger partial charge in [-0.2, -0.15) is 0 Å². The molecule has 5 heteroatoms. The van der Waals surface area contributed by atoms with Crippen LogP contribution in [-0.4, -0.2) is 15.5 Å². The molecular formula is C5H5IN2O2. The van der Waals surface area contributed by atoms with Crippen molar-refractivity contribution in [3.05, 3.63) is 12.3 Å². The van der Waals surface area contributed by atoms with E-state index in [1.165, 1.54) is 6.26 Å². The number of aromatic nitrogens is 1. The summed E-state index contributed by atoms with van der Waals surface area (Å²) < 4.78 is 4.91. The van der Waals surface area contributed by atoms with Gasteiger partial charge in [-0.25, -0.2) is 0 Å². The van der Waals surface area contributed by atoms with E-state index in [0.717, 1.165) is 0 Å². The SMILES string of the molecule is O=C(CI)Nc1ccon1. The number of hydrogen-bond donors (Lipinski definition) is 1. The van der Waals surface area contributed by atoms with Gasteiger partial charge in [-0.1, -0.05) is 27.7 Å². The summed E-state index contributed by atoms with van der Waals surface area (Å²) in [5.74, 6) is 0.385. The summed E-state index contributed by atoms with van der Waals surface area (Å²) in [5.41, 5.74) is 0. The van der Waals surface area contributed by atoms with Crippen LogP contribution < -0.4 is 5.32 Å². The number of hydrogen-bond acceptors (Lipinski definition) is 3. The highest BCUT2D eigenvalue weighted by atomic mass is 127. The fourth-order valence-corrected chi connectivity index (χ4v) is 0.644. The minimum absolute atomic E-state index is 0.0745. The summed E-state index contributed by atoms with van der Waals surface area (Å²) in [5, 5.41) is 6.01. The summed E-state index contributed by atoms with van der Waals surface area (Å²) in [6.07, 6.45) is 1.41. The predicted octanol–water partition coefficient (Wildman–Crippen LogP) is 1.05. The van der Waals surface area contributed by atoms with E-state index in [2.05, 4.69) is 15.0 Å². The third-order valence-corrected chi connectivity index (χ3v) is 1.52. The molecule has 0 radical (unpaired) electrons. The van der Waals surface area contributed by atoms with Crippen molar-refractivity contribution in [3.8, 4) is 0 Å². The molecule has 1 rings (SSSR count). The molecule has 1 N–H and O–H groups in total. The van der Waals surface area contributed by atoms with E-state index in [4.69, 9.17) is 0 Å². The number of anilines is 1. The highest BCUT2D eigenvalue weighted by molar-refractivity contribution is 14.1. The number of alkyl halides is 1. The molecule has 54 valence electrons. The minimum Gasteiger partial charge on any atom is -0.363 e. The van der Waals surface area contributed by atoms with Crippen LogP contribution >= 0.6 is 22.6 Å². The molecular weight excluding hydrogens is 247 g/mol. The average Bonchev–Trinajstić information content (AvgIpc) is 2.40. The van der Waals surface area contributed by atoms with Gasteiger partial charge < -0.3 is 9.84 Å². The molecule has 1 heterocycles. The normalized spacial score (nSPS) is 9.30. The second kappa shape index (κ2) is 3.55. The molecule has 10 heavy (non-hydrogen) atoms. The zero-order chi connectivity index (χ0) is 7.40. The van der Waals surface area contributed by atoms with Crippen molar-refractivity contribution in [2.24, 2.45) is 0 Å². The van der Waals surface area contributed by atoms with Gasteiger partial charge in [0.1, 0.15) is 6.26 Å². The Morgan fingerprint density at radius 2 is 2.70 bits per heavy atom. The maximum absolute atomic E-state index is 10.7. The fraction of sp³-hybridized carbons (Fsp3) is 0.200. The van der Waals surface area contributed by atoms with Gasteiger partial charge in [0.2, 0.25) is 5.91 Å². The van der Waals surface area contributed by atoms with E-state index in [9.17, 15) is 4.79 Å². The van der Waals surface area contributed by atoms with Crippen LogP contribution in [0.2, 0.25) is 0 Å². The summed E-state index contributed by atoms with van der Waals surface area (Å²) in [6, 6.07) is 1.59. The number of nitrogens with zero attached hydrogens (tertiary/aromatic N) is 1. The first kappa shape index (κ1) is 7.52. The zero-order valence-electron chi connectivity index (χ0n) is 5.00. The van der Waals surface area contributed by atoms with Crippen LogP contribution in [0.25, 0.3) is 0 Å². The van der Waals surface area contributed by atoms with Crippen molar-refractivity contribution in [1.82, 2.24) is 5.16 Å². The van der Waals surface area contributed by atoms with Gasteiger partial charge in [-0.3, -0.25) is 4.79 Å².